The molecule has 2 aromatic rings. The molecule has 4 nitrogen and oxygen atoms in total. The third-order valence-electron chi connectivity index (χ3n) is 4.94. The van der Waals surface area contributed by atoms with Crippen molar-refractivity contribution in [2.75, 3.05) is 0 Å². The highest BCUT2D eigenvalue weighted by Crippen LogP contribution is 2.47. The molecule has 132 valence electrons. The van der Waals surface area contributed by atoms with E-state index in [-0.39, 0.29) is 0 Å². The van der Waals surface area contributed by atoms with Crippen molar-refractivity contribution in [1.82, 2.24) is 0 Å². The molecule has 1 fully saturated rings. The Hall–Kier alpha value is -2.17. The van der Waals surface area contributed by atoms with Crippen LogP contribution in [0.25, 0.3) is 0 Å². The molecule has 4 heteroatoms. The Bertz CT molecular complexity index is 734. The van der Waals surface area contributed by atoms with Crippen molar-refractivity contribution in [3.8, 4) is 5.75 Å². The van der Waals surface area contributed by atoms with Crippen LogP contribution in [0.1, 0.15) is 55.5 Å². The van der Waals surface area contributed by atoms with E-state index in [1.165, 1.54) is 0 Å². The number of para-hydroxylation sites is 1. The predicted molar refractivity (Wildman–Crippen MR) is 95.7 cm³/mol. The van der Waals surface area contributed by atoms with Crippen molar-refractivity contribution < 1.29 is 19.0 Å². The summed E-state index contributed by atoms with van der Waals surface area (Å²) < 4.78 is 18.3. The molecule has 0 aliphatic carbocycles. The van der Waals surface area contributed by atoms with Crippen molar-refractivity contribution in [3.05, 3.63) is 65.2 Å². The number of rotatable bonds is 5. The molecule has 25 heavy (non-hydrogen) atoms. The lowest BCUT2D eigenvalue weighted by molar-refractivity contribution is -0.0908. The molecule has 0 atom stereocenters. The van der Waals surface area contributed by atoms with Gasteiger partial charge in [0, 0.05) is 0 Å². The molecule has 0 unspecified atom stereocenters. The molecule has 0 spiro atoms. The largest absolute Gasteiger partial charge is 0.488 e. The van der Waals surface area contributed by atoms with Crippen molar-refractivity contribution >= 4 is 6.29 Å². The minimum Gasteiger partial charge on any atom is -0.488 e. The first-order chi connectivity index (χ1) is 11.8. The summed E-state index contributed by atoms with van der Waals surface area (Å²) in [6, 6.07) is 15.3. The number of carbonyl (C=O) groups is 1. The van der Waals surface area contributed by atoms with Crippen molar-refractivity contribution in [1.29, 1.82) is 0 Å². The van der Waals surface area contributed by atoms with Gasteiger partial charge in [0.05, 0.1) is 22.3 Å². The lowest BCUT2D eigenvalue weighted by Crippen LogP contribution is -2.41. The number of hydrogen-bond acceptors (Lipinski definition) is 4. The van der Waals surface area contributed by atoms with Crippen LogP contribution < -0.4 is 4.74 Å². The molecule has 1 saturated heterocycles. The second-order valence-corrected chi connectivity index (χ2v) is 7.25. The highest BCUT2D eigenvalue weighted by molar-refractivity contribution is 5.80. The highest BCUT2D eigenvalue weighted by Gasteiger charge is 2.50. The smallest absolute Gasteiger partial charge is 0.188 e. The molecule has 1 heterocycles. The van der Waals surface area contributed by atoms with Gasteiger partial charge in [0.15, 0.2) is 12.6 Å². The normalized spacial score (nSPS) is 18.9. The summed E-state index contributed by atoms with van der Waals surface area (Å²) in [6.07, 6.45) is 0.227. The van der Waals surface area contributed by atoms with Gasteiger partial charge in [-0.3, -0.25) is 4.79 Å². The Labute approximate surface area is 148 Å². The first-order valence-corrected chi connectivity index (χ1v) is 8.44. The Balaban J connectivity index is 1.91. The fourth-order valence-electron chi connectivity index (χ4n) is 2.72. The lowest BCUT2D eigenvalue weighted by atomic mass is 9.90. The van der Waals surface area contributed by atoms with E-state index in [2.05, 4.69) is 0 Å². The van der Waals surface area contributed by atoms with E-state index in [4.69, 9.17) is 14.2 Å². The predicted octanol–water partition coefficient (Wildman–Crippen LogP) is 4.68. The quantitative estimate of drug-likeness (QED) is 0.741. The fraction of sp³-hybridized carbons (Fsp3) is 0.381. The van der Waals surface area contributed by atoms with Gasteiger partial charge in [-0.1, -0.05) is 42.5 Å². The second kappa shape index (κ2) is 6.62. The Morgan fingerprint density at radius 2 is 1.60 bits per heavy atom. The zero-order valence-electron chi connectivity index (χ0n) is 15.1. The number of ether oxygens (including phenoxy) is 3. The number of aldehydes is 1. The molecule has 0 bridgehead atoms. The molecule has 0 N–H and O–H groups in total. The number of carbonyl (C=O) groups excluding carboxylic acids is 1. The first kappa shape index (κ1) is 17.6. The second-order valence-electron chi connectivity index (χ2n) is 7.25. The van der Waals surface area contributed by atoms with Gasteiger partial charge < -0.3 is 14.2 Å². The highest BCUT2D eigenvalue weighted by atomic mass is 16.7. The van der Waals surface area contributed by atoms with E-state index in [1.54, 1.807) is 6.07 Å². The van der Waals surface area contributed by atoms with Crippen LogP contribution >= 0.6 is 0 Å². The van der Waals surface area contributed by atoms with Crippen LogP contribution in [0.3, 0.4) is 0 Å². The van der Waals surface area contributed by atoms with E-state index in [9.17, 15) is 4.79 Å². The van der Waals surface area contributed by atoms with E-state index in [1.807, 2.05) is 70.2 Å². The van der Waals surface area contributed by atoms with Gasteiger partial charge in [-0.2, -0.15) is 0 Å². The Kier molecular flexibility index (Phi) is 4.67. The summed E-state index contributed by atoms with van der Waals surface area (Å²) in [6.45, 7) is 8.38. The molecule has 0 amide bonds. The Morgan fingerprint density at radius 3 is 2.20 bits per heavy atom. The Morgan fingerprint density at radius 1 is 0.960 bits per heavy atom. The van der Waals surface area contributed by atoms with Crippen LogP contribution in [-0.2, 0) is 16.1 Å². The third-order valence-corrected chi connectivity index (χ3v) is 4.94. The summed E-state index contributed by atoms with van der Waals surface area (Å²) in [5.74, 6) is 0.514. The standard InChI is InChI=1S/C21H24O4/c1-20(2)21(3,4)25-19(24-20)17-12-8-11-16(13-22)18(17)23-14-15-9-6-5-7-10-15/h5-13,19H,14H2,1-4H3. The maximum absolute atomic E-state index is 11.5. The van der Waals surface area contributed by atoms with Gasteiger partial charge in [-0.05, 0) is 39.3 Å². The minimum atomic E-state index is -0.573. The van der Waals surface area contributed by atoms with Gasteiger partial charge in [0.1, 0.15) is 12.4 Å². The van der Waals surface area contributed by atoms with Gasteiger partial charge in [-0.25, -0.2) is 0 Å². The van der Waals surface area contributed by atoms with Gasteiger partial charge in [0.25, 0.3) is 0 Å². The monoisotopic (exact) mass is 340 g/mol. The molecule has 2 aromatic carbocycles. The molecule has 0 saturated carbocycles. The van der Waals surface area contributed by atoms with E-state index >= 15 is 0 Å². The molecular weight excluding hydrogens is 316 g/mol. The average molecular weight is 340 g/mol. The summed E-state index contributed by atoms with van der Waals surface area (Å²) in [5.41, 5.74) is 1.35. The molecule has 1 aliphatic rings. The maximum atomic E-state index is 11.5. The van der Waals surface area contributed by atoms with E-state index in [0.29, 0.717) is 17.9 Å². The van der Waals surface area contributed by atoms with Crippen molar-refractivity contribution in [3.63, 3.8) is 0 Å². The summed E-state index contributed by atoms with van der Waals surface area (Å²) in [5, 5.41) is 0. The number of benzene rings is 2. The van der Waals surface area contributed by atoms with Crippen LogP contribution in [0.15, 0.2) is 48.5 Å². The van der Waals surface area contributed by atoms with Crippen molar-refractivity contribution in [2.24, 2.45) is 0 Å². The SMILES string of the molecule is CC1(C)OC(c2cccc(C=O)c2OCc2ccccc2)OC1(C)C. The third kappa shape index (κ3) is 3.46. The molecule has 0 aromatic heterocycles. The van der Waals surface area contributed by atoms with Gasteiger partial charge in [-0.15, -0.1) is 0 Å². The fourth-order valence-corrected chi connectivity index (χ4v) is 2.72. The van der Waals surface area contributed by atoms with Crippen molar-refractivity contribution in [2.45, 2.75) is 51.8 Å². The maximum Gasteiger partial charge on any atom is 0.188 e. The summed E-state index contributed by atoms with van der Waals surface area (Å²) in [4.78, 5) is 11.5. The van der Waals surface area contributed by atoms with Crippen LogP contribution in [0, 0.1) is 0 Å². The average Bonchev–Trinajstić information content (AvgIpc) is 2.81. The van der Waals surface area contributed by atoms with Crippen LogP contribution in [0.2, 0.25) is 0 Å². The van der Waals surface area contributed by atoms with E-state index in [0.717, 1.165) is 17.4 Å². The van der Waals surface area contributed by atoms with Crippen LogP contribution in [0.4, 0.5) is 0 Å². The first-order valence-electron chi connectivity index (χ1n) is 8.44. The summed E-state index contributed by atoms with van der Waals surface area (Å²) in [7, 11) is 0. The van der Waals surface area contributed by atoms with Gasteiger partial charge in [0.2, 0.25) is 0 Å². The number of hydrogen-bond donors (Lipinski definition) is 0. The topological polar surface area (TPSA) is 44.8 Å². The van der Waals surface area contributed by atoms with Gasteiger partial charge >= 0.3 is 0 Å². The lowest BCUT2D eigenvalue weighted by Gasteiger charge is -2.30. The molecule has 1 aliphatic heterocycles. The molecular formula is C21H24O4. The molecule has 0 radical (unpaired) electrons. The summed E-state index contributed by atoms with van der Waals surface area (Å²) >= 11 is 0. The minimum absolute atomic E-state index is 0.373. The van der Waals surface area contributed by atoms with E-state index < -0.39 is 17.5 Å². The van der Waals surface area contributed by atoms with Crippen LogP contribution in [0.5, 0.6) is 5.75 Å². The van der Waals surface area contributed by atoms with Crippen LogP contribution in [-0.4, -0.2) is 17.5 Å². The zero-order valence-corrected chi connectivity index (χ0v) is 15.1. The zero-order chi connectivity index (χ0) is 18.1. The molecule has 3 rings (SSSR count).